The number of carbonyl (C=O) groups excluding carboxylic acids is 1. The minimum absolute atomic E-state index is 0. The van der Waals surface area contributed by atoms with Crippen LogP contribution in [0.3, 0.4) is 0 Å². The van der Waals surface area contributed by atoms with Crippen molar-refractivity contribution >= 4 is 18.3 Å². The topological polar surface area (TPSA) is 59.6 Å². The summed E-state index contributed by atoms with van der Waals surface area (Å²) >= 11 is 0. The molecular weight excluding hydrogens is 328 g/mol. The molecule has 0 aliphatic carbocycles. The summed E-state index contributed by atoms with van der Waals surface area (Å²) in [7, 11) is 1.62. The van der Waals surface area contributed by atoms with Gasteiger partial charge in [0.15, 0.2) is 0 Å². The Labute approximate surface area is 150 Å². The zero-order chi connectivity index (χ0) is 16.5. The summed E-state index contributed by atoms with van der Waals surface area (Å²) in [6.45, 7) is 5.54. The van der Waals surface area contributed by atoms with Gasteiger partial charge in [-0.25, -0.2) is 0 Å². The summed E-state index contributed by atoms with van der Waals surface area (Å²) in [5.74, 6) is 0.259. The Kier molecular flexibility index (Phi) is 9.29. The Morgan fingerprint density at radius 3 is 2.58 bits per heavy atom. The van der Waals surface area contributed by atoms with Crippen LogP contribution in [0, 0.1) is 5.92 Å². The van der Waals surface area contributed by atoms with E-state index >= 15 is 0 Å². The van der Waals surface area contributed by atoms with Crippen molar-refractivity contribution in [2.24, 2.45) is 5.92 Å². The zero-order valence-electron chi connectivity index (χ0n) is 14.5. The minimum Gasteiger partial charge on any atom is -0.376 e. The van der Waals surface area contributed by atoms with E-state index in [9.17, 15) is 4.79 Å². The molecule has 1 aliphatic heterocycles. The third-order valence-electron chi connectivity index (χ3n) is 4.34. The van der Waals surface area contributed by atoms with Crippen molar-refractivity contribution in [1.82, 2.24) is 10.6 Å². The van der Waals surface area contributed by atoms with Gasteiger partial charge in [-0.3, -0.25) is 4.79 Å². The molecule has 136 valence electrons. The van der Waals surface area contributed by atoms with Gasteiger partial charge in [-0.05, 0) is 37.4 Å². The fourth-order valence-electron chi connectivity index (χ4n) is 2.79. The van der Waals surface area contributed by atoms with E-state index in [1.165, 1.54) is 0 Å². The largest absolute Gasteiger partial charge is 0.376 e. The second-order valence-corrected chi connectivity index (χ2v) is 6.26. The predicted molar refractivity (Wildman–Crippen MR) is 97.4 cm³/mol. The van der Waals surface area contributed by atoms with Crippen LogP contribution in [0.1, 0.15) is 25.3 Å². The van der Waals surface area contributed by atoms with E-state index in [0.717, 1.165) is 18.7 Å². The maximum absolute atomic E-state index is 12.4. The first-order valence-corrected chi connectivity index (χ1v) is 8.32. The number of methoxy groups -OCH3 is 1. The molecule has 0 bridgehead atoms. The van der Waals surface area contributed by atoms with Crippen LogP contribution >= 0.6 is 12.4 Å². The van der Waals surface area contributed by atoms with E-state index < -0.39 is 5.60 Å². The smallest absolute Gasteiger partial charge is 0.252 e. The molecule has 1 unspecified atom stereocenters. The van der Waals surface area contributed by atoms with Crippen molar-refractivity contribution in [1.29, 1.82) is 0 Å². The van der Waals surface area contributed by atoms with E-state index in [0.29, 0.717) is 32.6 Å². The third kappa shape index (κ3) is 6.06. The van der Waals surface area contributed by atoms with Crippen LogP contribution in [0.15, 0.2) is 30.3 Å². The van der Waals surface area contributed by atoms with Crippen LogP contribution in [0.25, 0.3) is 0 Å². The number of ether oxygens (including phenoxy) is 2. The molecule has 1 aromatic carbocycles. The molecule has 1 aromatic rings. The number of amides is 1. The molecule has 5 nitrogen and oxygen atoms in total. The van der Waals surface area contributed by atoms with Crippen LogP contribution in [-0.4, -0.2) is 44.9 Å². The van der Waals surface area contributed by atoms with E-state index in [1.807, 2.05) is 30.3 Å². The number of carbonyl (C=O) groups is 1. The van der Waals surface area contributed by atoms with Crippen LogP contribution in [0.4, 0.5) is 0 Å². The number of benzene rings is 1. The molecule has 2 N–H and O–H groups in total. The zero-order valence-corrected chi connectivity index (χ0v) is 15.4. The standard InChI is InChI=1S/C18H28N2O3.ClH/c1-15(13-23-14-16-6-4-3-5-7-16)12-20-17(21)18(22-2)8-10-19-11-9-18;/h3-7,15,19H,8-14H2,1-2H3,(H,20,21);1H. The predicted octanol–water partition coefficient (Wildman–Crippen LogP) is 2.15. The lowest BCUT2D eigenvalue weighted by Gasteiger charge is -2.35. The second kappa shape index (κ2) is 10.7. The van der Waals surface area contributed by atoms with Gasteiger partial charge in [0, 0.05) is 13.7 Å². The number of nitrogens with one attached hydrogen (secondary N) is 2. The maximum atomic E-state index is 12.4. The maximum Gasteiger partial charge on any atom is 0.252 e. The van der Waals surface area contributed by atoms with Crippen molar-refractivity contribution in [3.63, 3.8) is 0 Å². The van der Waals surface area contributed by atoms with Gasteiger partial charge >= 0.3 is 0 Å². The highest BCUT2D eigenvalue weighted by molar-refractivity contribution is 5.85. The fourth-order valence-corrected chi connectivity index (χ4v) is 2.79. The van der Waals surface area contributed by atoms with E-state index in [-0.39, 0.29) is 24.2 Å². The minimum atomic E-state index is -0.671. The van der Waals surface area contributed by atoms with E-state index in [4.69, 9.17) is 9.47 Å². The van der Waals surface area contributed by atoms with E-state index in [2.05, 4.69) is 17.6 Å². The summed E-state index contributed by atoms with van der Waals surface area (Å²) in [6.07, 6.45) is 1.43. The normalized spacial score (nSPS) is 17.6. The number of hydrogen-bond acceptors (Lipinski definition) is 4. The number of piperidine rings is 1. The summed E-state index contributed by atoms with van der Waals surface area (Å²) in [4.78, 5) is 12.4. The number of hydrogen-bond donors (Lipinski definition) is 2. The van der Waals surface area contributed by atoms with Crippen LogP contribution in [0.5, 0.6) is 0 Å². The Morgan fingerprint density at radius 1 is 1.29 bits per heavy atom. The van der Waals surface area contributed by atoms with E-state index in [1.54, 1.807) is 7.11 Å². The van der Waals surface area contributed by atoms with Gasteiger partial charge in [-0.1, -0.05) is 37.3 Å². The first-order chi connectivity index (χ1) is 11.2. The SMILES string of the molecule is COC1(C(=O)NCC(C)COCc2ccccc2)CCNCC1.Cl. The van der Waals surface area contributed by atoms with Crippen LogP contribution < -0.4 is 10.6 Å². The first kappa shape index (κ1) is 20.9. The average molecular weight is 357 g/mol. The second-order valence-electron chi connectivity index (χ2n) is 6.26. The molecule has 0 aromatic heterocycles. The molecule has 1 amide bonds. The quantitative estimate of drug-likeness (QED) is 0.749. The summed E-state index contributed by atoms with van der Waals surface area (Å²) < 4.78 is 11.2. The molecule has 6 heteroatoms. The number of rotatable bonds is 8. The van der Waals surface area contributed by atoms with Gasteiger partial charge in [0.25, 0.3) is 5.91 Å². The average Bonchev–Trinajstić information content (AvgIpc) is 2.61. The fraction of sp³-hybridized carbons (Fsp3) is 0.611. The highest BCUT2D eigenvalue weighted by atomic mass is 35.5. The van der Waals surface area contributed by atoms with Crippen molar-refractivity contribution < 1.29 is 14.3 Å². The van der Waals surface area contributed by atoms with Gasteiger partial charge in [0.2, 0.25) is 0 Å². The monoisotopic (exact) mass is 356 g/mol. The van der Waals surface area contributed by atoms with Crippen molar-refractivity contribution in [2.45, 2.75) is 32.0 Å². The van der Waals surface area contributed by atoms with Gasteiger partial charge in [-0.2, -0.15) is 0 Å². The van der Waals surface area contributed by atoms with Gasteiger partial charge < -0.3 is 20.1 Å². The summed E-state index contributed by atoms with van der Waals surface area (Å²) in [5.41, 5.74) is 0.493. The summed E-state index contributed by atoms with van der Waals surface area (Å²) in [5, 5.41) is 6.28. The third-order valence-corrected chi connectivity index (χ3v) is 4.34. The van der Waals surface area contributed by atoms with Crippen LogP contribution in [-0.2, 0) is 20.9 Å². The molecule has 1 saturated heterocycles. The molecule has 1 fully saturated rings. The molecule has 24 heavy (non-hydrogen) atoms. The van der Waals surface area contributed by atoms with Gasteiger partial charge in [0.1, 0.15) is 5.60 Å². The van der Waals surface area contributed by atoms with Gasteiger partial charge in [0.05, 0.1) is 13.2 Å². The van der Waals surface area contributed by atoms with Crippen molar-refractivity contribution in [2.75, 3.05) is 33.4 Å². The molecule has 0 radical (unpaired) electrons. The first-order valence-electron chi connectivity index (χ1n) is 8.32. The lowest BCUT2D eigenvalue weighted by Crippen LogP contribution is -2.54. The number of halogens is 1. The summed E-state index contributed by atoms with van der Waals surface area (Å²) in [6, 6.07) is 10.1. The highest BCUT2D eigenvalue weighted by Gasteiger charge is 2.39. The molecule has 0 saturated carbocycles. The molecule has 0 spiro atoms. The Balaban J connectivity index is 0.00000288. The molecule has 1 aliphatic rings. The lowest BCUT2D eigenvalue weighted by atomic mass is 9.91. The Hall–Kier alpha value is -1.14. The lowest BCUT2D eigenvalue weighted by molar-refractivity contribution is -0.147. The van der Waals surface area contributed by atoms with Crippen LogP contribution in [0.2, 0.25) is 0 Å². The van der Waals surface area contributed by atoms with Crippen molar-refractivity contribution in [3.8, 4) is 0 Å². The van der Waals surface area contributed by atoms with Gasteiger partial charge in [-0.15, -0.1) is 12.4 Å². The Bertz CT molecular complexity index is 478. The molecule has 2 rings (SSSR count). The molecular formula is C18H29ClN2O3. The Morgan fingerprint density at radius 2 is 1.96 bits per heavy atom. The molecule has 1 heterocycles. The molecule has 1 atom stereocenters. The van der Waals surface area contributed by atoms with Crippen molar-refractivity contribution in [3.05, 3.63) is 35.9 Å². The highest BCUT2D eigenvalue weighted by Crippen LogP contribution is 2.22.